The molecule has 1 amide bonds. The number of aromatic nitrogens is 1. The zero-order valence-corrected chi connectivity index (χ0v) is 11.4. The molecule has 0 atom stereocenters. The Bertz CT molecular complexity index is 371. The lowest BCUT2D eigenvalue weighted by Crippen LogP contribution is -2.11. The van der Waals surface area contributed by atoms with Crippen LogP contribution >= 0.6 is 27.5 Å². The molecular weight excluding hydrogens is 291 g/mol. The van der Waals surface area contributed by atoms with E-state index in [9.17, 15) is 4.79 Å². The normalized spacial score (nSPS) is 10.2. The van der Waals surface area contributed by atoms with Crippen LogP contribution in [0.15, 0.2) is 12.3 Å². The van der Waals surface area contributed by atoms with Crippen molar-refractivity contribution < 1.29 is 4.79 Å². The summed E-state index contributed by atoms with van der Waals surface area (Å²) < 4.78 is 0. The Balaban J connectivity index is 2.46. The molecule has 0 fully saturated rings. The van der Waals surface area contributed by atoms with Crippen LogP contribution in [0.3, 0.4) is 0 Å². The van der Waals surface area contributed by atoms with Crippen LogP contribution in [0.5, 0.6) is 0 Å². The summed E-state index contributed by atoms with van der Waals surface area (Å²) in [7, 11) is 0. The number of hydrogen-bond acceptors (Lipinski definition) is 2. The van der Waals surface area contributed by atoms with Crippen LogP contribution in [-0.2, 0) is 4.79 Å². The molecule has 0 radical (unpaired) electrons. The number of nitrogens with one attached hydrogen (secondary N) is 1. The number of unbranched alkanes of at least 4 members (excludes halogenated alkanes) is 1. The SMILES string of the molecule is Cc1cc(NC(=O)CCCCBr)cnc1Cl. The second-order valence-electron chi connectivity index (χ2n) is 3.53. The van der Waals surface area contributed by atoms with E-state index in [1.54, 1.807) is 6.20 Å². The van der Waals surface area contributed by atoms with Gasteiger partial charge in [-0.1, -0.05) is 27.5 Å². The van der Waals surface area contributed by atoms with E-state index in [2.05, 4.69) is 26.2 Å². The first-order chi connectivity index (χ1) is 7.63. The third-order valence-corrected chi connectivity index (χ3v) is 3.04. The number of pyridine rings is 1. The van der Waals surface area contributed by atoms with Crippen molar-refractivity contribution >= 4 is 39.1 Å². The number of carbonyl (C=O) groups is 1. The van der Waals surface area contributed by atoms with Gasteiger partial charge >= 0.3 is 0 Å². The number of anilines is 1. The van der Waals surface area contributed by atoms with Crippen molar-refractivity contribution in [1.29, 1.82) is 0 Å². The second-order valence-corrected chi connectivity index (χ2v) is 4.68. The average Bonchev–Trinajstić information content (AvgIpc) is 2.24. The monoisotopic (exact) mass is 304 g/mol. The zero-order chi connectivity index (χ0) is 12.0. The highest BCUT2D eigenvalue weighted by Gasteiger charge is 2.04. The third-order valence-electron chi connectivity index (χ3n) is 2.09. The summed E-state index contributed by atoms with van der Waals surface area (Å²) in [4.78, 5) is 15.5. The highest BCUT2D eigenvalue weighted by molar-refractivity contribution is 9.09. The minimum Gasteiger partial charge on any atom is -0.325 e. The van der Waals surface area contributed by atoms with Crippen LogP contribution in [0.2, 0.25) is 5.15 Å². The minimum atomic E-state index is 0.0180. The molecule has 0 spiro atoms. The smallest absolute Gasteiger partial charge is 0.224 e. The lowest BCUT2D eigenvalue weighted by atomic mass is 10.2. The van der Waals surface area contributed by atoms with Gasteiger partial charge in [0.1, 0.15) is 5.15 Å². The molecule has 0 saturated carbocycles. The number of alkyl halides is 1. The number of carbonyl (C=O) groups excluding carboxylic acids is 1. The lowest BCUT2D eigenvalue weighted by Gasteiger charge is -2.05. The summed E-state index contributed by atoms with van der Waals surface area (Å²) in [6.45, 7) is 1.86. The van der Waals surface area contributed by atoms with E-state index in [1.165, 1.54) is 0 Å². The third kappa shape index (κ3) is 4.49. The van der Waals surface area contributed by atoms with E-state index in [0.717, 1.165) is 23.7 Å². The predicted molar refractivity (Wildman–Crippen MR) is 70.3 cm³/mol. The van der Waals surface area contributed by atoms with Crippen molar-refractivity contribution in [3.05, 3.63) is 23.0 Å². The van der Waals surface area contributed by atoms with Crippen molar-refractivity contribution in [2.45, 2.75) is 26.2 Å². The van der Waals surface area contributed by atoms with Gasteiger partial charge in [-0.05, 0) is 31.4 Å². The Hall–Kier alpha value is -0.610. The second kappa shape index (κ2) is 6.86. The molecule has 16 heavy (non-hydrogen) atoms. The van der Waals surface area contributed by atoms with Crippen molar-refractivity contribution in [1.82, 2.24) is 4.98 Å². The summed E-state index contributed by atoms with van der Waals surface area (Å²) in [6.07, 6.45) is 3.99. The summed E-state index contributed by atoms with van der Waals surface area (Å²) in [6, 6.07) is 1.82. The highest BCUT2D eigenvalue weighted by atomic mass is 79.9. The zero-order valence-electron chi connectivity index (χ0n) is 9.09. The summed E-state index contributed by atoms with van der Waals surface area (Å²) in [5, 5.41) is 4.20. The van der Waals surface area contributed by atoms with E-state index in [4.69, 9.17) is 11.6 Å². The van der Waals surface area contributed by atoms with Gasteiger partial charge < -0.3 is 5.32 Å². The number of amides is 1. The fraction of sp³-hybridized carbons (Fsp3) is 0.455. The molecule has 88 valence electrons. The Kier molecular flexibility index (Phi) is 5.77. The van der Waals surface area contributed by atoms with Crippen LogP contribution in [0.25, 0.3) is 0 Å². The van der Waals surface area contributed by atoms with Gasteiger partial charge in [0.2, 0.25) is 5.91 Å². The topological polar surface area (TPSA) is 42.0 Å². The largest absolute Gasteiger partial charge is 0.325 e. The van der Waals surface area contributed by atoms with Gasteiger partial charge in [0.25, 0.3) is 0 Å². The van der Waals surface area contributed by atoms with E-state index < -0.39 is 0 Å². The molecule has 1 rings (SSSR count). The van der Waals surface area contributed by atoms with Gasteiger partial charge in [-0.25, -0.2) is 4.98 Å². The molecule has 1 heterocycles. The number of hydrogen-bond donors (Lipinski definition) is 1. The minimum absolute atomic E-state index is 0.0180. The molecule has 0 aliphatic carbocycles. The molecule has 0 saturated heterocycles. The molecule has 0 aliphatic heterocycles. The molecule has 1 N–H and O–H groups in total. The molecular formula is C11H14BrClN2O. The summed E-state index contributed by atoms with van der Waals surface area (Å²) in [5.74, 6) is 0.0180. The summed E-state index contributed by atoms with van der Waals surface area (Å²) in [5.41, 5.74) is 1.56. The maximum absolute atomic E-state index is 11.5. The van der Waals surface area contributed by atoms with Crippen LogP contribution in [-0.4, -0.2) is 16.2 Å². The van der Waals surface area contributed by atoms with Gasteiger partial charge in [-0.3, -0.25) is 4.79 Å². The van der Waals surface area contributed by atoms with Crippen molar-refractivity contribution in [2.75, 3.05) is 10.6 Å². The standard InChI is InChI=1S/C11H14BrClN2O/c1-8-6-9(7-14-11(8)13)15-10(16)4-2-3-5-12/h6-7H,2-5H2,1H3,(H,15,16). The van der Waals surface area contributed by atoms with Gasteiger partial charge in [0, 0.05) is 11.8 Å². The first-order valence-corrected chi connectivity index (χ1v) is 6.61. The fourth-order valence-electron chi connectivity index (χ4n) is 1.23. The van der Waals surface area contributed by atoms with E-state index in [0.29, 0.717) is 17.3 Å². The van der Waals surface area contributed by atoms with Crippen molar-refractivity contribution in [3.63, 3.8) is 0 Å². The molecule has 0 aliphatic rings. The average molecular weight is 306 g/mol. The Labute approximate surface area is 109 Å². The van der Waals surface area contributed by atoms with Gasteiger partial charge in [0.05, 0.1) is 11.9 Å². The Morgan fingerprint density at radius 1 is 1.56 bits per heavy atom. The molecule has 3 nitrogen and oxygen atoms in total. The van der Waals surface area contributed by atoms with E-state index >= 15 is 0 Å². The molecule has 1 aromatic heterocycles. The number of halogens is 2. The first kappa shape index (κ1) is 13.5. The first-order valence-electron chi connectivity index (χ1n) is 5.11. The van der Waals surface area contributed by atoms with Gasteiger partial charge in [-0.15, -0.1) is 0 Å². The fourth-order valence-corrected chi connectivity index (χ4v) is 1.73. The lowest BCUT2D eigenvalue weighted by molar-refractivity contribution is -0.116. The van der Waals surface area contributed by atoms with Crippen LogP contribution in [0, 0.1) is 6.92 Å². The number of nitrogens with zero attached hydrogens (tertiary/aromatic N) is 1. The maximum Gasteiger partial charge on any atom is 0.224 e. The van der Waals surface area contributed by atoms with Gasteiger partial charge in [-0.2, -0.15) is 0 Å². The number of rotatable bonds is 5. The van der Waals surface area contributed by atoms with Crippen LogP contribution < -0.4 is 5.32 Å². The molecule has 0 unspecified atom stereocenters. The molecule has 1 aromatic rings. The number of aryl methyl sites for hydroxylation is 1. The Morgan fingerprint density at radius 3 is 2.94 bits per heavy atom. The van der Waals surface area contributed by atoms with Crippen LogP contribution in [0.4, 0.5) is 5.69 Å². The summed E-state index contributed by atoms with van der Waals surface area (Å²) >= 11 is 9.12. The van der Waals surface area contributed by atoms with Gasteiger partial charge in [0.15, 0.2) is 0 Å². The quantitative estimate of drug-likeness (QED) is 0.513. The van der Waals surface area contributed by atoms with Crippen molar-refractivity contribution in [2.24, 2.45) is 0 Å². The molecule has 5 heteroatoms. The molecule has 0 aromatic carbocycles. The maximum atomic E-state index is 11.5. The van der Waals surface area contributed by atoms with E-state index in [-0.39, 0.29) is 5.91 Å². The Morgan fingerprint density at radius 2 is 2.31 bits per heavy atom. The van der Waals surface area contributed by atoms with Crippen molar-refractivity contribution in [3.8, 4) is 0 Å². The van der Waals surface area contributed by atoms with E-state index in [1.807, 2.05) is 13.0 Å². The predicted octanol–water partition coefficient (Wildman–Crippen LogP) is 3.55. The molecule has 0 bridgehead atoms. The highest BCUT2D eigenvalue weighted by Crippen LogP contribution is 2.16. The van der Waals surface area contributed by atoms with Crippen LogP contribution in [0.1, 0.15) is 24.8 Å².